The highest BCUT2D eigenvalue weighted by atomic mass is 16.5. The first-order valence-electron chi connectivity index (χ1n) is 4.67. The standard InChI is InChI=1S/C9H18N2O4/c1-5(6(2)10)8(12)11-7(4-15-3)9(13)14/h5-7H,4,10H2,1-3H3,(H,11,12)(H,13,14). The van der Waals surface area contributed by atoms with Crippen LogP contribution in [0.5, 0.6) is 0 Å². The second-order valence-electron chi connectivity index (χ2n) is 3.50. The summed E-state index contributed by atoms with van der Waals surface area (Å²) in [4.78, 5) is 22.2. The van der Waals surface area contributed by atoms with Crippen LogP contribution in [0.25, 0.3) is 0 Å². The van der Waals surface area contributed by atoms with Gasteiger partial charge in [-0.1, -0.05) is 6.92 Å². The molecule has 88 valence electrons. The van der Waals surface area contributed by atoms with Crippen molar-refractivity contribution in [3.63, 3.8) is 0 Å². The van der Waals surface area contributed by atoms with Gasteiger partial charge in [0, 0.05) is 19.1 Å². The lowest BCUT2D eigenvalue weighted by atomic mass is 10.0. The number of nitrogens with two attached hydrogens (primary N) is 1. The van der Waals surface area contributed by atoms with Crippen LogP contribution in [-0.2, 0) is 14.3 Å². The normalized spacial score (nSPS) is 16.5. The summed E-state index contributed by atoms with van der Waals surface area (Å²) >= 11 is 0. The highest BCUT2D eigenvalue weighted by Gasteiger charge is 2.24. The van der Waals surface area contributed by atoms with Crippen LogP contribution in [0.3, 0.4) is 0 Å². The van der Waals surface area contributed by atoms with Gasteiger partial charge in [0.1, 0.15) is 0 Å². The van der Waals surface area contributed by atoms with Crippen molar-refractivity contribution in [2.45, 2.75) is 25.9 Å². The third-order valence-corrected chi connectivity index (χ3v) is 2.15. The van der Waals surface area contributed by atoms with E-state index in [2.05, 4.69) is 10.1 Å². The van der Waals surface area contributed by atoms with Gasteiger partial charge in [-0.2, -0.15) is 0 Å². The van der Waals surface area contributed by atoms with Crippen molar-refractivity contribution in [2.24, 2.45) is 11.7 Å². The topological polar surface area (TPSA) is 102 Å². The molecule has 0 fully saturated rings. The SMILES string of the molecule is COCC(NC(=O)C(C)C(C)N)C(=O)O. The molecule has 0 aromatic rings. The molecule has 0 heterocycles. The van der Waals surface area contributed by atoms with Gasteiger partial charge in [0.05, 0.1) is 6.61 Å². The summed E-state index contributed by atoms with van der Waals surface area (Å²) < 4.78 is 4.68. The summed E-state index contributed by atoms with van der Waals surface area (Å²) in [5.41, 5.74) is 5.52. The van der Waals surface area contributed by atoms with Gasteiger partial charge in [0.25, 0.3) is 0 Å². The van der Waals surface area contributed by atoms with Gasteiger partial charge in [-0.3, -0.25) is 4.79 Å². The molecule has 0 saturated carbocycles. The number of carboxylic acids is 1. The van der Waals surface area contributed by atoms with Gasteiger partial charge >= 0.3 is 5.97 Å². The Morgan fingerprint density at radius 1 is 1.47 bits per heavy atom. The van der Waals surface area contributed by atoms with E-state index in [0.717, 1.165) is 0 Å². The predicted molar refractivity (Wildman–Crippen MR) is 54.3 cm³/mol. The summed E-state index contributed by atoms with van der Waals surface area (Å²) in [5, 5.41) is 11.1. The average Bonchev–Trinajstić information content (AvgIpc) is 2.15. The fourth-order valence-electron chi connectivity index (χ4n) is 0.883. The van der Waals surface area contributed by atoms with Crippen molar-refractivity contribution in [3.05, 3.63) is 0 Å². The fourth-order valence-corrected chi connectivity index (χ4v) is 0.883. The second kappa shape index (κ2) is 6.36. The van der Waals surface area contributed by atoms with Crippen molar-refractivity contribution < 1.29 is 19.4 Å². The number of amides is 1. The molecule has 0 aliphatic carbocycles. The molecular weight excluding hydrogens is 200 g/mol. The molecule has 1 amide bonds. The molecule has 0 bridgehead atoms. The van der Waals surface area contributed by atoms with Crippen LogP contribution in [0.1, 0.15) is 13.8 Å². The van der Waals surface area contributed by atoms with Gasteiger partial charge in [-0.25, -0.2) is 4.79 Å². The molecule has 0 radical (unpaired) electrons. The van der Waals surface area contributed by atoms with Crippen LogP contribution >= 0.6 is 0 Å². The lowest BCUT2D eigenvalue weighted by Gasteiger charge is -2.19. The van der Waals surface area contributed by atoms with Crippen LogP contribution in [0.15, 0.2) is 0 Å². The van der Waals surface area contributed by atoms with E-state index in [-0.39, 0.29) is 18.6 Å². The van der Waals surface area contributed by atoms with Crippen molar-refractivity contribution in [1.29, 1.82) is 0 Å². The van der Waals surface area contributed by atoms with Gasteiger partial charge in [-0.15, -0.1) is 0 Å². The number of carbonyl (C=O) groups is 2. The molecule has 0 aromatic carbocycles. The summed E-state index contributed by atoms with van der Waals surface area (Å²) in [6, 6.07) is -1.34. The average molecular weight is 218 g/mol. The summed E-state index contributed by atoms with van der Waals surface area (Å²) in [6.45, 7) is 3.27. The number of hydrogen-bond donors (Lipinski definition) is 3. The smallest absolute Gasteiger partial charge is 0.328 e. The molecule has 6 heteroatoms. The van der Waals surface area contributed by atoms with Crippen LogP contribution in [0, 0.1) is 5.92 Å². The minimum absolute atomic E-state index is 0.0628. The van der Waals surface area contributed by atoms with E-state index in [1.165, 1.54) is 7.11 Å². The summed E-state index contributed by atoms with van der Waals surface area (Å²) in [5.74, 6) is -1.93. The molecule has 0 aliphatic rings. The molecule has 3 atom stereocenters. The maximum atomic E-state index is 11.5. The Kier molecular flexibility index (Phi) is 5.88. The quantitative estimate of drug-likeness (QED) is 0.541. The molecule has 6 nitrogen and oxygen atoms in total. The number of aliphatic carboxylic acids is 1. The highest BCUT2D eigenvalue weighted by molar-refractivity contribution is 5.85. The zero-order valence-corrected chi connectivity index (χ0v) is 9.19. The largest absolute Gasteiger partial charge is 0.480 e. The number of nitrogens with one attached hydrogen (secondary N) is 1. The highest BCUT2D eigenvalue weighted by Crippen LogP contribution is 2.00. The molecule has 4 N–H and O–H groups in total. The minimum Gasteiger partial charge on any atom is -0.480 e. The number of carbonyl (C=O) groups excluding carboxylic acids is 1. The molecule has 0 aromatic heterocycles. The first-order valence-corrected chi connectivity index (χ1v) is 4.67. The Morgan fingerprint density at radius 2 is 2.00 bits per heavy atom. The molecule has 0 aliphatic heterocycles. The zero-order chi connectivity index (χ0) is 12.0. The first kappa shape index (κ1) is 13.9. The second-order valence-corrected chi connectivity index (χ2v) is 3.50. The predicted octanol–water partition coefficient (Wildman–Crippen LogP) is -0.814. The Labute approximate surface area is 88.8 Å². The van der Waals surface area contributed by atoms with Crippen LogP contribution in [-0.4, -0.2) is 42.8 Å². The molecular formula is C9H18N2O4. The third kappa shape index (κ3) is 4.75. The van der Waals surface area contributed by atoms with Crippen molar-refractivity contribution in [1.82, 2.24) is 5.32 Å². The lowest BCUT2D eigenvalue weighted by molar-refractivity contribution is -0.144. The van der Waals surface area contributed by atoms with E-state index in [4.69, 9.17) is 10.8 Å². The third-order valence-electron chi connectivity index (χ3n) is 2.15. The van der Waals surface area contributed by atoms with Crippen molar-refractivity contribution in [3.8, 4) is 0 Å². The zero-order valence-electron chi connectivity index (χ0n) is 9.19. The van der Waals surface area contributed by atoms with Crippen molar-refractivity contribution in [2.75, 3.05) is 13.7 Å². The number of ether oxygens (including phenoxy) is 1. The lowest BCUT2D eigenvalue weighted by Crippen LogP contribution is -2.48. The summed E-state index contributed by atoms with van der Waals surface area (Å²) in [7, 11) is 1.37. The van der Waals surface area contributed by atoms with E-state index in [9.17, 15) is 9.59 Å². The van der Waals surface area contributed by atoms with E-state index >= 15 is 0 Å². The maximum Gasteiger partial charge on any atom is 0.328 e. The molecule has 0 saturated heterocycles. The van der Waals surface area contributed by atoms with E-state index in [0.29, 0.717) is 0 Å². The molecule has 0 spiro atoms. The van der Waals surface area contributed by atoms with Crippen LogP contribution in [0.2, 0.25) is 0 Å². The van der Waals surface area contributed by atoms with E-state index in [1.54, 1.807) is 13.8 Å². The van der Waals surface area contributed by atoms with Gasteiger partial charge in [0.15, 0.2) is 6.04 Å². The molecule has 0 rings (SSSR count). The minimum atomic E-state index is -1.12. The maximum absolute atomic E-state index is 11.5. The van der Waals surface area contributed by atoms with Crippen molar-refractivity contribution >= 4 is 11.9 Å². The molecule has 15 heavy (non-hydrogen) atoms. The number of methoxy groups -OCH3 is 1. The number of carboxylic acid groups (broad SMARTS) is 1. The molecule has 3 unspecified atom stereocenters. The van der Waals surface area contributed by atoms with Gasteiger partial charge in [0.2, 0.25) is 5.91 Å². The van der Waals surface area contributed by atoms with E-state index in [1.807, 2.05) is 0 Å². The fraction of sp³-hybridized carbons (Fsp3) is 0.778. The van der Waals surface area contributed by atoms with Crippen LogP contribution in [0.4, 0.5) is 0 Å². The van der Waals surface area contributed by atoms with Gasteiger partial charge < -0.3 is 20.9 Å². The van der Waals surface area contributed by atoms with Crippen LogP contribution < -0.4 is 11.1 Å². The Hall–Kier alpha value is -1.14. The Balaban J connectivity index is 4.28. The number of rotatable bonds is 6. The van der Waals surface area contributed by atoms with Gasteiger partial charge in [-0.05, 0) is 6.92 Å². The first-order chi connectivity index (χ1) is 6.90. The summed E-state index contributed by atoms with van der Waals surface area (Å²) in [6.07, 6.45) is 0. The monoisotopic (exact) mass is 218 g/mol. The Bertz CT molecular complexity index is 230. The Morgan fingerprint density at radius 3 is 2.33 bits per heavy atom. The van der Waals surface area contributed by atoms with E-state index < -0.39 is 17.9 Å². The number of hydrogen-bond acceptors (Lipinski definition) is 4.